The zero-order valence-electron chi connectivity index (χ0n) is 20.0. The number of carbonyl (C=O) groups excluding carboxylic acids is 2. The number of likely N-dealkylation sites (N-methyl/N-ethyl adjacent to an activating group) is 1. The number of thioether (sulfide) groups is 1. The Kier molecular flexibility index (Phi) is 7.94. The molecule has 0 atom stereocenters. The zero-order valence-corrected chi connectivity index (χ0v) is 20.8. The van der Waals surface area contributed by atoms with Gasteiger partial charge in [0.15, 0.2) is 0 Å². The number of para-hydroxylation sites is 1. The van der Waals surface area contributed by atoms with E-state index in [1.165, 1.54) is 6.07 Å². The van der Waals surface area contributed by atoms with Crippen molar-refractivity contribution in [2.75, 3.05) is 55.0 Å². The average Bonchev–Trinajstić information content (AvgIpc) is 3.10. The number of aromatic hydroxyl groups is 1. The second-order valence-corrected chi connectivity index (χ2v) is 9.41. The molecule has 4 rings (SSSR count). The number of hydrogen-bond acceptors (Lipinski definition) is 6. The van der Waals surface area contributed by atoms with Crippen molar-refractivity contribution >= 4 is 40.6 Å². The van der Waals surface area contributed by atoms with Crippen LogP contribution in [0.5, 0.6) is 5.75 Å². The lowest BCUT2D eigenvalue weighted by atomic mass is 10.1. The van der Waals surface area contributed by atoms with Crippen LogP contribution in [0.25, 0.3) is 0 Å². The number of nitrogens with one attached hydrogen (secondary N) is 2. The summed E-state index contributed by atoms with van der Waals surface area (Å²) in [6.07, 6.45) is 3.07. The van der Waals surface area contributed by atoms with Gasteiger partial charge in [-0.1, -0.05) is 6.07 Å². The van der Waals surface area contributed by atoms with Crippen LogP contribution in [0.1, 0.15) is 27.1 Å². The summed E-state index contributed by atoms with van der Waals surface area (Å²) < 4.78 is 0. The standard InChI is InChI=1S/C27H30N4O3S/c1-30-15-4-16-31(18-17-30)21-11-7-19(8-12-21)27(34)29-25-23(5-3-6-24(25)32)28-26(33)20-9-13-22(35-2)14-10-20/h3,5-14,32H,4,15-18H2,1-2H3,(H,28,33)(H,29,34). The van der Waals surface area contributed by atoms with Crippen molar-refractivity contribution in [3.8, 4) is 5.75 Å². The van der Waals surface area contributed by atoms with Crippen molar-refractivity contribution in [2.45, 2.75) is 11.3 Å². The number of benzene rings is 3. The Morgan fingerprint density at radius 1 is 0.829 bits per heavy atom. The van der Waals surface area contributed by atoms with Crippen LogP contribution in [0.15, 0.2) is 71.6 Å². The van der Waals surface area contributed by atoms with Crippen molar-refractivity contribution in [3.63, 3.8) is 0 Å². The molecule has 0 spiro atoms. The molecular weight excluding hydrogens is 460 g/mol. The van der Waals surface area contributed by atoms with E-state index in [0.717, 1.165) is 43.2 Å². The Balaban J connectivity index is 1.46. The number of phenolic OH excluding ortho intramolecular Hbond substituents is 1. The molecule has 3 aromatic rings. The fraction of sp³-hybridized carbons (Fsp3) is 0.259. The second-order valence-electron chi connectivity index (χ2n) is 8.53. The number of amides is 2. The average molecular weight is 491 g/mol. The molecule has 1 aliphatic heterocycles. The Hall–Kier alpha value is -3.49. The van der Waals surface area contributed by atoms with Gasteiger partial charge in [0.05, 0.1) is 5.69 Å². The minimum Gasteiger partial charge on any atom is -0.506 e. The van der Waals surface area contributed by atoms with Crippen LogP contribution in [-0.2, 0) is 0 Å². The molecule has 1 fully saturated rings. The summed E-state index contributed by atoms with van der Waals surface area (Å²) in [7, 11) is 2.13. The molecular formula is C27H30N4O3S. The van der Waals surface area contributed by atoms with Gasteiger partial charge in [0.25, 0.3) is 11.8 Å². The predicted molar refractivity (Wildman–Crippen MR) is 143 cm³/mol. The highest BCUT2D eigenvalue weighted by Gasteiger charge is 2.17. The van der Waals surface area contributed by atoms with Crippen LogP contribution < -0.4 is 15.5 Å². The highest BCUT2D eigenvalue weighted by Crippen LogP contribution is 2.32. The highest BCUT2D eigenvalue weighted by molar-refractivity contribution is 7.98. The first-order valence-corrected chi connectivity index (χ1v) is 12.8. The monoisotopic (exact) mass is 490 g/mol. The predicted octanol–water partition coefficient (Wildman–Crippen LogP) is 4.76. The molecule has 8 heteroatoms. The third-order valence-electron chi connectivity index (χ3n) is 6.10. The number of rotatable bonds is 6. The van der Waals surface area contributed by atoms with E-state index in [-0.39, 0.29) is 23.3 Å². The van der Waals surface area contributed by atoms with Crippen LogP contribution in [0.4, 0.5) is 17.1 Å². The van der Waals surface area contributed by atoms with E-state index < -0.39 is 0 Å². The highest BCUT2D eigenvalue weighted by atomic mass is 32.2. The molecule has 1 saturated heterocycles. The number of nitrogens with zero attached hydrogens (tertiary/aromatic N) is 2. The smallest absolute Gasteiger partial charge is 0.255 e. The molecule has 35 heavy (non-hydrogen) atoms. The van der Waals surface area contributed by atoms with Gasteiger partial charge in [-0.2, -0.15) is 0 Å². The first-order valence-electron chi connectivity index (χ1n) is 11.6. The Labute approximate surface area is 210 Å². The van der Waals surface area contributed by atoms with Gasteiger partial charge in [0.1, 0.15) is 11.4 Å². The molecule has 7 nitrogen and oxygen atoms in total. The van der Waals surface area contributed by atoms with Crippen molar-refractivity contribution in [2.24, 2.45) is 0 Å². The van der Waals surface area contributed by atoms with E-state index in [1.807, 2.05) is 30.5 Å². The van der Waals surface area contributed by atoms with E-state index in [2.05, 4.69) is 27.5 Å². The zero-order chi connectivity index (χ0) is 24.8. The third-order valence-corrected chi connectivity index (χ3v) is 6.84. The maximum Gasteiger partial charge on any atom is 0.255 e. The van der Waals surface area contributed by atoms with E-state index in [4.69, 9.17) is 0 Å². The van der Waals surface area contributed by atoms with Crippen molar-refractivity contribution in [1.82, 2.24) is 4.90 Å². The molecule has 0 radical (unpaired) electrons. The fourth-order valence-electron chi connectivity index (χ4n) is 4.03. The number of carbonyl (C=O) groups is 2. The van der Waals surface area contributed by atoms with Crippen LogP contribution in [-0.4, -0.2) is 61.3 Å². The van der Waals surface area contributed by atoms with Gasteiger partial charge >= 0.3 is 0 Å². The van der Waals surface area contributed by atoms with E-state index in [1.54, 1.807) is 48.2 Å². The molecule has 0 saturated carbocycles. The Morgan fingerprint density at radius 2 is 1.49 bits per heavy atom. The maximum atomic E-state index is 13.0. The first-order chi connectivity index (χ1) is 16.9. The van der Waals surface area contributed by atoms with Crippen molar-refractivity contribution in [3.05, 3.63) is 77.9 Å². The minimum absolute atomic E-state index is 0.126. The summed E-state index contributed by atoms with van der Waals surface area (Å²) in [5.74, 6) is -0.821. The number of hydrogen-bond donors (Lipinski definition) is 3. The molecule has 3 aromatic carbocycles. The summed E-state index contributed by atoms with van der Waals surface area (Å²) in [6, 6.07) is 19.4. The first kappa shape index (κ1) is 24.6. The van der Waals surface area contributed by atoms with Gasteiger partial charge in [-0.15, -0.1) is 11.8 Å². The summed E-state index contributed by atoms with van der Waals surface area (Å²) in [5, 5.41) is 16.0. The molecule has 0 bridgehead atoms. The van der Waals surface area contributed by atoms with Gasteiger partial charge in [0, 0.05) is 41.3 Å². The van der Waals surface area contributed by atoms with Crippen molar-refractivity contribution in [1.29, 1.82) is 0 Å². The molecule has 0 aliphatic carbocycles. The van der Waals surface area contributed by atoms with Gasteiger partial charge in [0.2, 0.25) is 0 Å². The molecule has 182 valence electrons. The largest absolute Gasteiger partial charge is 0.506 e. The van der Waals surface area contributed by atoms with Gasteiger partial charge in [-0.05, 0) is 86.9 Å². The topological polar surface area (TPSA) is 84.9 Å². The van der Waals surface area contributed by atoms with Gasteiger partial charge in [-0.3, -0.25) is 9.59 Å². The molecule has 0 unspecified atom stereocenters. The second kappa shape index (κ2) is 11.3. The lowest BCUT2D eigenvalue weighted by molar-refractivity contribution is 0.101. The molecule has 2 amide bonds. The molecule has 1 aliphatic rings. The Morgan fingerprint density at radius 3 is 2.17 bits per heavy atom. The molecule has 1 heterocycles. The third kappa shape index (κ3) is 6.15. The van der Waals surface area contributed by atoms with Gasteiger partial charge < -0.3 is 25.5 Å². The van der Waals surface area contributed by atoms with Gasteiger partial charge in [-0.25, -0.2) is 0 Å². The molecule has 0 aromatic heterocycles. The summed E-state index contributed by atoms with van der Waals surface area (Å²) in [5.41, 5.74) is 2.52. The normalized spacial score (nSPS) is 14.3. The lowest BCUT2D eigenvalue weighted by Gasteiger charge is -2.23. The van der Waals surface area contributed by atoms with Crippen LogP contribution in [0.3, 0.4) is 0 Å². The quantitative estimate of drug-likeness (QED) is 0.341. The lowest BCUT2D eigenvalue weighted by Crippen LogP contribution is -2.28. The number of anilines is 3. The minimum atomic E-state index is -0.367. The Bertz CT molecular complexity index is 1180. The van der Waals surface area contributed by atoms with E-state index in [0.29, 0.717) is 16.8 Å². The van der Waals surface area contributed by atoms with E-state index in [9.17, 15) is 14.7 Å². The van der Waals surface area contributed by atoms with Crippen LogP contribution >= 0.6 is 11.8 Å². The summed E-state index contributed by atoms with van der Waals surface area (Å²) in [4.78, 5) is 31.4. The summed E-state index contributed by atoms with van der Waals surface area (Å²) in [6.45, 7) is 4.02. The van der Waals surface area contributed by atoms with E-state index >= 15 is 0 Å². The van der Waals surface area contributed by atoms with Crippen LogP contribution in [0, 0.1) is 0 Å². The maximum absolute atomic E-state index is 13.0. The van der Waals surface area contributed by atoms with Crippen molar-refractivity contribution < 1.29 is 14.7 Å². The van der Waals surface area contributed by atoms with Crippen LogP contribution in [0.2, 0.25) is 0 Å². The number of phenols is 1. The summed E-state index contributed by atoms with van der Waals surface area (Å²) >= 11 is 1.60. The SMILES string of the molecule is CSc1ccc(C(=O)Nc2cccc(O)c2NC(=O)c2ccc(N3CCCN(C)CC3)cc2)cc1. The fourth-order valence-corrected chi connectivity index (χ4v) is 4.43. The molecule has 3 N–H and O–H groups in total.